The van der Waals surface area contributed by atoms with Gasteiger partial charge in [0.2, 0.25) is 0 Å². The lowest BCUT2D eigenvalue weighted by Gasteiger charge is -2.40. The van der Waals surface area contributed by atoms with Gasteiger partial charge in [0.1, 0.15) is 16.3 Å². The highest BCUT2D eigenvalue weighted by Gasteiger charge is 2.43. The SMILES string of the molecule is CC.CCOC1CN(c2ccc(C=O)cc2)C1.CNc1sc2c(c1C(=O)O)CC(C)(C)CC2(C)C.COC1CCN(c2ccc(C(=O)Nc3sc4c(c3C(=O)O)CC(C)(C)CC4(C)C)cc2)CC1. The van der Waals surface area contributed by atoms with Gasteiger partial charge < -0.3 is 40.1 Å². The number of carbonyl (C=O) groups is 4. The number of carbonyl (C=O) groups excluding carboxylic acids is 2. The number of nitrogens with zero attached hydrogens (tertiary/aromatic N) is 2. The Morgan fingerprint density at radius 2 is 1.18 bits per heavy atom. The topological polar surface area (TPSA) is 158 Å². The Morgan fingerprint density at radius 3 is 1.62 bits per heavy atom. The maximum Gasteiger partial charge on any atom is 0.339 e. The molecule has 4 heterocycles. The Kier molecular flexibility index (Phi) is 17.8. The van der Waals surface area contributed by atoms with Crippen molar-refractivity contribution < 1.29 is 38.9 Å². The van der Waals surface area contributed by atoms with Crippen LogP contribution in [-0.4, -0.2) is 93.5 Å². The molecule has 4 N–H and O–H groups in total. The Hall–Kier alpha value is -4.76. The van der Waals surface area contributed by atoms with Crippen LogP contribution in [0, 0.1) is 10.8 Å². The molecule has 2 aliphatic carbocycles. The molecule has 0 bridgehead atoms. The first-order chi connectivity index (χ1) is 32.0. The molecule has 2 saturated heterocycles. The number of hydrogen-bond donors (Lipinski definition) is 4. The average molecular weight is 973 g/mol. The molecule has 2 aromatic carbocycles. The number of carboxylic acids is 2. The van der Waals surface area contributed by atoms with E-state index in [-0.39, 0.29) is 33.1 Å². The summed E-state index contributed by atoms with van der Waals surface area (Å²) in [6.07, 6.45) is 7.17. The van der Waals surface area contributed by atoms with Crippen LogP contribution >= 0.6 is 22.7 Å². The molecule has 0 unspecified atom stereocenters. The molecule has 372 valence electrons. The highest BCUT2D eigenvalue weighted by atomic mass is 32.1. The largest absolute Gasteiger partial charge is 0.478 e. The van der Waals surface area contributed by atoms with Crippen LogP contribution in [0.3, 0.4) is 0 Å². The molecule has 4 aromatic rings. The lowest BCUT2D eigenvalue weighted by atomic mass is 9.65. The summed E-state index contributed by atoms with van der Waals surface area (Å²) >= 11 is 3.02. The van der Waals surface area contributed by atoms with Crippen molar-refractivity contribution in [3.63, 3.8) is 0 Å². The first kappa shape index (κ1) is 54.2. The number of hydrogen-bond acceptors (Lipinski definition) is 11. The number of aldehydes is 1. The number of ether oxygens (including phenoxy) is 2. The van der Waals surface area contributed by atoms with Gasteiger partial charge in [-0.3, -0.25) is 9.59 Å². The third-order valence-electron chi connectivity index (χ3n) is 13.2. The number of amides is 1. The van der Waals surface area contributed by atoms with Crippen LogP contribution in [0.25, 0.3) is 0 Å². The highest BCUT2D eigenvalue weighted by Crippen LogP contribution is 2.53. The zero-order chi connectivity index (χ0) is 50.4. The summed E-state index contributed by atoms with van der Waals surface area (Å²) in [7, 11) is 3.55. The van der Waals surface area contributed by atoms with Crippen molar-refractivity contribution in [3.05, 3.63) is 91.7 Å². The van der Waals surface area contributed by atoms with E-state index in [1.807, 2.05) is 69.3 Å². The summed E-state index contributed by atoms with van der Waals surface area (Å²) in [4.78, 5) is 54.1. The molecule has 14 heteroatoms. The summed E-state index contributed by atoms with van der Waals surface area (Å²) in [6.45, 7) is 28.1. The van der Waals surface area contributed by atoms with E-state index in [0.717, 1.165) is 109 Å². The first-order valence-corrected chi connectivity index (χ1v) is 25.7. The third-order valence-corrected chi connectivity index (χ3v) is 16.3. The fraction of sp³-hybridized carbons (Fsp3) is 0.556. The molecule has 12 nitrogen and oxygen atoms in total. The summed E-state index contributed by atoms with van der Waals surface area (Å²) in [5.41, 5.74) is 6.24. The van der Waals surface area contributed by atoms with Gasteiger partial charge in [-0.15, -0.1) is 22.7 Å². The summed E-state index contributed by atoms with van der Waals surface area (Å²) < 4.78 is 10.9. The van der Waals surface area contributed by atoms with E-state index >= 15 is 0 Å². The van der Waals surface area contributed by atoms with Crippen molar-refractivity contribution >= 4 is 68.2 Å². The lowest BCUT2D eigenvalue weighted by molar-refractivity contribution is 0.0430. The number of piperidine rings is 1. The van der Waals surface area contributed by atoms with E-state index in [1.54, 1.807) is 25.5 Å². The van der Waals surface area contributed by atoms with Crippen LogP contribution in [0.1, 0.15) is 164 Å². The van der Waals surface area contributed by atoms with Gasteiger partial charge in [-0.25, -0.2) is 9.59 Å². The van der Waals surface area contributed by atoms with E-state index < -0.39 is 11.9 Å². The predicted molar refractivity (Wildman–Crippen MR) is 280 cm³/mol. The van der Waals surface area contributed by atoms with Crippen molar-refractivity contribution in [3.8, 4) is 0 Å². The number of rotatable bonds is 11. The van der Waals surface area contributed by atoms with E-state index in [9.17, 15) is 29.4 Å². The van der Waals surface area contributed by atoms with Gasteiger partial charge in [0, 0.05) is 79.2 Å². The van der Waals surface area contributed by atoms with E-state index in [0.29, 0.717) is 34.8 Å². The Bertz CT molecular complexity index is 2370. The summed E-state index contributed by atoms with van der Waals surface area (Å²) in [5, 5.41) is 26.6. The Balaban J connectivity index is 0.000000207. The van der Waals surface area contributed by atoms with E-state index in [4.69, 9.17) is 9.47 Å². The zero-order valence-electron chi connectivity index (χ0n) is 42.7. The predicted octanol–water partition coefficient (Wildman–Crippen LogP) is 12.1. The maximum atomic E-state index is 13.0. The van der Waals surface area contributed by atoms with Crippen molar-refractivity contribution in [1.29, 1.82) is 0 Å². The van der Waals surface area contributed by atoms with E-state index in [1.165, 1.54) is 16.2 Å². The normalized spacial score (nSPS) is 18.6. The highest BCUT2D eigenvalue weighted by molar-refractivity contribution is 7.17. The fourth-order valence-corrected chi connectivity index (χ4v) is 13.4. The number of fused-ring (bicyclic) bond motifs is 2. The third kappa shape index (κ3) is 12.7. The molecule has 0 radical (unpaired) electrons. The Morgan fingerprint density at radius 1 is 0.721 bits per heavy atom. The molecule has 4 aliphatic rings. The lowest BCUT2D eigenvalue weighted by Crippen LogP contribution is -2.52. The minimum Gasteiger partial charge on any atom is -0.478 e. The molecule has 0 saturated carbocycles. The fourth-order valence-electron chi connectivity index (χ4n) is 10.8. The number of nitrogens with one attached hydrogen (secondary N) is 2. The zero-order valence-corrected chi connectivity index (χ0v) is 44.3. The first-order valence-electron chi connectivity index (χ1n) is 24.1. The maximum absolute atomic E-state index is 13.0. The quantitative estimate of drug-likeness (QED) is 0.106. The average Bonchev–Trinajstić information content (AvgIpc) is 3.84. The molecular weight excluding hydrogens is 897 g/mol. The van der Waals surface area contributed by atoms with Gasteiger partial charge >= 0.3 is 11.9 Å². The van der Waals surface area contributed by atoms with Crippen LogP contribution in [-0.2, 0) is 33.1 Å². The van der Waals surface area contributed by atoms with Crippen molar-refractivity contribution in [1.82, 2.24) is 0 Å². The second-order valence-corrected chi connectivity index (χ2v) is 23.0. The van der Waals surface area contributed by atoms with Gasteiger partial charge in [0.25, 0.3) is 5.91 Å². The van der Waals surface area contributed by atoms with Crippen molar-refractivity contribution in [2.24, 2.45) is 10.8 Å². The van der Waals surface area contributed by atoms with Crippen LogP contribution in [0.4, 0.5) is 21.4 Å². The van der Waals surface area contributed by atoms with Gasteiger partial charge in [0.05, 0.1) is 23.3 Å². The van der Waals surface area contributed by atoms with Crippen molar-refractivity contribution in [2.75, 3.05) is 67.4 Å². The molecule has 68 heavy (non-hydrogen) atoms. The number of thiophene rings is 2. The minimum absolute atomic E-state index is 0.0105. The number of anilines is 4. The second-order valence-electron chi connectivity index (χ2n) is 21.0. The molecule has 0 spiro atoms. The number of benzene rings is 2. The molecule has 2 aliphatic heterocycles. The number of aromatic carboxylic acids is 2. The molecule has 2 fully saturated rings. The minimum atomic E-state index is -0.980. The van der Waals surface area contributed by atoms with Gasteiger partial charge in [0.15, 0.2) is 0 Å². The smallest absolute Gasteiger partial charge is 0.339 e. The van der Waals surface area contributed by atoms with Crippen molar-refractivity contribution in [2.45, 2.75) is 138 Å². The molecular formula is C54H76N4O8S2. The second kappa shape index (κ2) is 22.3. The van der Waals surface area contributed by atoms with Crippen LogP contribution in [0.5, 0.6) is 0 Å². The summed E-state index contributed by atoms with van der Waals surface area (Å²) in [6, 6.07) is 15.2. The monoisotopic (exact) mass is 973 g/mol. The summed E-state index contributed by atoms with van der Waals surface area (Å²) in [5.74, 6) is -2.07. The number of carboxylic acid groups (broad SMARTS) is 2. The van der Waals surface area contributed by atoms with Crippen LogP contribution in [0.2, 0.25) is 0 Å². The van der Waals surface area contributed by atoms with Gasteiger partial charge in [-0.1, -0.05) is 69.2 Å². The molecule has 0 atom stereocenters. The molecule has 2 aromatic heterocycles. The molecule has 8 rings (SSSR count). The van der Waals surface area contributed by atoms with Crippen LogP contribution in [0.15, 0.2) is 48.5 Å². The van der Waals surface area contributed by atoms with Gasteiger partial charge in [-0.2, -0.15) is 0 Å². The van der Waals surface area contributed by atoms with E-state index in [2.05, 4.69) is 75.8 Å². The number of methoxy groups -OCH3 is 1. The standard InChI is InChI=1S/C26H34N2O4S.C14H21NO2S.C12H15NO2.C2H6/c1-25(2)14-19-20(24(30)31)23(33-21(19)26(3,4)15-25)27-22(29)16-6-8-17(9-7-16)28-12-10-18(32-5)11-13-28;1-13(2)6-8-9(12(16)17)11(15-5)18-10(8)14(3,4)7-13;1-2-15-12-7-13(8-12)11-5-3-10(9-14)4-6-11;1-2/h6-9,18H,10-15H2,1-5H3,(H,27,29)(H,30,31);15H,6-7H2,1-5H3,(H,16,17);3-6,9,12H,2,7-8H2,1H3;1-2H3. The molecule has 1 amide bonds. The van der Waals surface area contributed by atoms with Gasteiger partial charge in [-0.05, 0) is 127 Å². The van der Waals surface area contributed by atoms with Crippen LogP contribution < -0.4 is 20.4 Å². The Labute approximate surface area is 412 Å².